The van der Waals surface area contributed by atoms with Gasteiger partial charge in [0.1, 0.15) is 5.76 Å². The average molecular weight is 478 g/mol. The van der Waals surface area contributed by atoms with E-state index >= 15 is 0 Å². The van der Waals surface area contributed by atoms with Gasteiger partial charge in [-0.1, -0.05) is 38.8 Å². The van der Waals surface area contributed by atoms with E-state index in [0.717, 1.165) is 68.2 Å². The number of aliphatic imine (C=N–C) groups is 1. The summed E-state index contributed by atoms with van der Waals surface area (Å²) in [4.78, 5) is 4.73. The third kappa shape index (κ3) is 5.84. The SMILES string of the molecule is CCNC(=NCc1c(CC)noc1CC)NCC1(C)CCCCC1O.I. The van der Waals surface area contributed by atoms with Crippen LogP contribution in [0, 0.1) is 5.41 Å². The van der Waals surface area contributed by atoms with Gasteiger partial charge in [0.05, 0.1) is 18.3 Å². The van der Waals surface area contributed by atoms with Crippen molar-refractivity contribution in [2.45, 2.75) is 78.9 Å². The van der Waals surface area contributed by atoms with Gasteiger partial charge in [0.15, 0.2) is 5.96 Å². The number of nitrogens with one attached hydrogen (secondary N) is 2. The van der Waals surface area contributed by atoms with Crippen LogP contribution >= 0.6 is 24.0 Å². The summed E-state index contributed by atoms with van der Waals surface area (Å²) >= 11 is 0. The van der Waals surface area contributed by atoms with Gasteiger partial charge in [0, 0.05) is 30.5 Å². The zero-order valence-corrected chi connectivity index (χ0v) is 18.9. The van der Waals surface area contributed by atoms with Crippen LogP contribution in [0.15, 0.2) is 9.52 Å². The molecule has 1 aromatic rings. The van der Waals surface area contributed by atoms with Gasteiger partial charge in [-0.05, 0) is 26.2 Å². The van der Waals surface area contributed by atoms with Crippen LogP contribution in [-0.2, 0) is 19.4 Å². The first-order chi connectivity index (χ1) is 12.0. The fourth-order valence-corrected chi connectivity index (χ4v) is 3.49. The molecule has 1 heterocycles. The summed E-state index contributed by atoms with van der Waals surface area (Å²) in [6.45, 7) is 10.5. The number of rotatable bonds is 7. The lowest BCUT2D eigenvalue weighted by molar-refractivity contribution is 0.00397. The molecule has 0 aliphatic heterocycles. The van der Waals surface area contributed by atoms with Crippen molar-refractivity contribution in [1.82, 2.24) is 15.8 Å². The molecule has 150 valence electrons. The molecule has 0 aromatic carbocycles. The van der Waals surface area contributed by atoms with E-state index in [1.54, 1.807) is 0 Å². The van der Waals surface area contributed by atoms with Crippen LogP contribution in [0.3, 0.4) is 0 Å². The van der Waals surface area contributed by atoms with Gasteiger partial charge >= 0.3 is 0 Å². The van der Waals surface area contributed by atoms with Crippen molar-refractivity contribution < 1.29 is 9.63 Å². The maximum atomic E-state index is 10.4. The van der Waals surface area contributed by atoms with Crippen LogP contribution in [0.5, 0.6) is 0 Å². The van der Waals surface area contributed by atoms with Crippen molar-refractivity contribution in [2.75, 3.05) is 13.1 Å². The summed E-state index contributed by atoms with van der Waals surface area (Å²) < 4.78 is 5.42. The first kappa shape index (κ1) is 23.2. The highest BCUT2D eigenvalue weighted by molar-refractivity contribution is 14.0. The van der Waals surface area contributed by atoms with Crippen molar-refractivity contribution in [3.05, 3.63) is 17.0 Å². The van der Waals surface area contributed by atoms with Crippen LogP contribution in [-0.4, -0.2) is 35.4 Å². The van der Waals surface area contributed by atoms with Crippen LogP contribution in [0.2, 0.25) is 0 Å². The molecule has 1 aliphatic carbocycles. The number of aliphatic hydroxyl groups is 1. The first-order valence-corrected chi connectivity index (χ1v) is 9.70. The van der Waals surface area contributed by atoms with Gasteiger partial charge in [-0.3, -0.25) is 0 Å². The van der Waals surface area contributed by atoms with Gasteiger partial charge in [-0.15, -0.1) is 24.0 Å². The van der Waals surface area contributed by atoms with Gasteiger partial charge in [-0.2, -0.15) is 0 Å². The lowest BCUT2D eigenvalue weighted by Gasteiger charge is -2.38. The van der Waals surface area contributed by atoms with Crippen LogP contribution in [0.25, 0.3) is 0 Å². The predicted molar refractivity (Wildman–Crippen MR) is 116 cm³/mol. The summed E-state index contributed by atoms with van der Waals surface area (Å²) in [7, 11) is 0. The minimum atomic E-state index is -0.243. The highest BCUT2D eigenvalue weighted by atomic mass is 127. The summed E-state index contributed by atoms with van der Waals surface area (Å²) in [6, 6.07) is 0. The molecule has 1 aliphatic rings. The normalized spacial score (nSPS) is 23.4. The van der Waals surface area contributed by atoms with Crippen LogP contribution in [0.4, 0.5) is 0 Å². The summed E-state index contributed by atoms with van der Waals surface area (Å²) in [5.74, 6) is 1.71. The number of hydrogen-bond donors (Lipinski definition) is 3. The quantitative estimate of drug-likeness (QED) is 0.318. The number of aromatic nitrogens is 1. The van der Waals surface area contributed by atoms with Crippen molar-refractivity contribution in [2.24, 2.45) is 10.4 Å². The van der Waals surface area contributed by atoms with Crippen molar-refractivity contribution >= 4 is 29.9 Å². The maximum absolute atomic E-state index is 10.4. The molecule has 7 heteroatoms. The molecule has 2 atom stereocenters. The van der Waals surface area contributed by atoms with Crippen molar-refractivity contribution in [1.29, 1.82) is 0 Å². The minimum absolute atomic E-state index is 0. The van der Waals surface area contributed by atoms with E-state index in [1.807, 2.05) is 0 Å². The van der Waals surface area contributed by atoms with E-state index in [9.17, 15) is 5.11 Å². The highest BCUT2D eigenvalue weighted by Gasteiger charge is 2.35. The van der Waals surface area contributed by atoms with E-state index in [0.29, 0.717) is 6.54 Å². The topological polar surface area (TPSA) is 82.7 Å². The lowest BCUT2D eigenvalue weighted by Crippen LogP contribution is -2.48. The Morgan fingerprint density at radius 2 is 2.04 bits per heavy atom. The van der Waals surface area contributed by atoms with Gasteiger partial charge in [-0.25, -0.2) is 4.99 Å². The van der Waals surface area contributed by atoms with E-state index in [4.69, 9.17) is 9.52 Å². The largest absolute Gasteiger partial charge is 0.392 e. The van der Waals surface area contributed by atoms with E-state index in [2.05, 4.69) is 43.5 Å². The predicted octanol–water partition coefficient (Wildman–Crippen LogP) is 3.41. The first-order valence-electron chi connectivity index (χ1n) is 9.70. The number of nitrogens with zero attached hydrogens (tertiary/aromatic N) is 2. The molecule has 2 rings (SSSR count). The number of aryl methyl sites for hydroxylation is 2. The number of halogens is 1. The zero-order valence-electron chi connectivity index (χ0n) is 16.6. The average Bonchev–Trinajstić information content (AvgIpc) is 3.02. The Labute approximate surface area is 174 Å². The molecular formula is C19H35IN4O2. The molecule has 26 heavy (non-hydrogen) atoms. The van der Waals surface area contributed by atoms with Crippen molar-refractivity contribution in [3.8, 4) is 0 Å². The third-order valence-electron chi connectivity index (χ3n) is 5.29. The molecule has 0 radical (unpaired) electrons. The Bertz CT molecular complexity index is 554. The number of aliphatic hydroxyl groups excluding tert-OH is 1. The molecular weight excluding hydrogens is 443 g/mol. The fraction of sp³-hybridized carbons (Fsp3) is 0.789. The van der Waals surface area contributed by atoms with Crippen molar-refractivity contribution in [3.63, 3.8) is 0 Å². The molecule has 2 unspecified atom stereocenters. The summed E-state index contributed by atoms with van der Waals surface area (Å²) in [6.07, 6.45) is 5.68. The number of hydrogen-bond acceptors (Lipinski definition) is 4. The Morgan fingerprint density at radius 3 is 2.65 bits per heavy atom. The van der Waals surface area contributed by atoms with Crippen LogP contribution in [0.1, 0.15) is 70.4 Å². The molecule has 0 spiro atoms. The Balaban J connectivity index is 0.00000338. The Kier molecular flexibility index (Phi) is 9.92. The van der Waals surface area contributed by atoms with E-state index < -0.39 is 0 Å². The zero-order chi connectivity index (χ0) is 18.3. The van der Waals surface area contributed by atoms with Gasteiger partial charge in [0.2, 0.25) is 0 Å². The number of guanidine groups is 1. The Morgan fingerprint density at radius 1 is 1.27 bits per heavy atom. The summed E-state index contributed by atoms with van der Waals surface area (Å²) in [5.41, 5.74) is 2.01. The minimum Gasteiger partial charge on any atom is -0.392 e. The highest BCUT2D eigenvalue weighted by Crippen LogP contribution is 2.35. The van der Waals surface area contributed by atoms with E-state index in [-0.39, 0.29) is 35.5 Å². The smallest absolute Gasteiger partial charge is 0.191 e. The van der Waals surface area contributed by atoms with E-state index in [1.165, 1.54) is 6.42 Å². The van der Waals surface area contributed by atoms with Crippen LogP contribution < -0.4 is 10.6 Å². The monoisotopic (exact) mass is 478 g/mol. The maximum Gasteiger partial charge on any atom is 0.191 e. The van der Waals surface area contributed by atoms with Gasteiger partial charge in [0.25, 0.3) is 0 Å². The molecule has 0 amide bonds. The van der Waals surface area contributed by atoms with Gasteiger partial charge < -0.3 is 20.3 Å². The summed E-state index contributed by atoms with van der Waals surface area (Å²) in [5, 5.41) is 21.2. The third-order valence-corrected chi connectivity index (χ3v) is 5.29. The molecule has 1 fully saturated rings. The molecule has 3 N–H and O–H groups in total. The molecule has 0 saturated heterocycles. The second kappa shape index (κ2) is 11.1. The second-order valence-electron chi connectivity index (χ2n) is 7.20. The second-order valence-corrected chi connectivity index (χ2v) is 7.20. The molecule has 0 bridgehead atoms. The standard InChI is InChI=1S/C19H34N4O2.HI/c1-5-15-14(16(6-2)25-23-15)12-21-18(20-7-3)22-13-19(4)11-9-8-10-17(19)24;/h17,24H,5-13H2,1-4H3,(H2,20,21,22);1H. The lowest BCUT2D eigenvalue weighted by atomic mass is 9.73. The molecule has 1 saturated carbocycles. The Hall–Kier alpha value is -0.830. The molecule has 1 aromatic heterocycles. The molecule has 6 nitrogen and oxygen atoms in total. The fourth-order valence-electron chi connectivity index (χ4n) is 3.49.